The quantitative estimate of drug-likeness (QED) is 0.859. The lowest BCUT2D eigenvalue weighted by Crippen LogP contribution is -2.47. The van der Waals surface area contributed by atoms with Gasteiger partial charge < -0.3 is 9.72 Å². The lowest BCUT2D eigenvalue weighted by Gasteiger charge is -2.35. The number of aromatic amines is 1. The van der Waals surface area contributed by atoms with Crippen LogP contribution < -0.4 is 0 Å². The van der Waals surface area contributed by atoms with E-state index in [1.54, 1.807) is 6.20 Å². The Balaban J connectivity index is 1.58. The van der Waals surface area contributed by atoms with Gasteiger partial charge in [0.15, 0.2) is 10.4 Å². The van der Waals surface area contributed by atoms with E-state index in [1.807, 2.05) is 12.1 Å². The maximum absolute atomic E-state index is 6.02. The molecule has 20 heavy (non-hydrogen) atoms. The summed E-state index contributed by atoms with van der Waals surface area (Å²) in [6.07, 6.45) is 4.59. The Bertz CT molecular complexity index is 679. The molecule has 0 aromatic carbocycles. The number of rotatable bonds is 2. The molecule has 0 spiro atoms. The van der Waals surface area contributed by atoms with Crippen molar-refractivity contribution < 1.29 is 4.74 Å². The van der Waals surface area contributed by atoms with Crippen molar-refractivity contribution in [2.45, 2.75) is 31.5 Å². The molecule has 2 aromatic heterocycles. The van der Waals surface area contributed by atoms with Gasteiger partial charge in [-0.1, -0.05) is 0 Å². The van der Waals surface area contributed by atoms with Gasteiger partial charge in [0.05, 0.1) is 24.8 Å². The highest BCUT2D eigenvalue weighted by molar-refractivity contribution is 7.71. The third-order valence-corrected chi connectivity index (χ3v) is 4.70. The first kappa shape index (κ1) is 12.5. The van der Waals surface area contributed by atoms with Crippen LogP contribution >= 0.6 is 12.2 Å². The van der Waals surface area contributed by atoms with Crippen molar-refractivity contribution in [3.8, 4) is 0 Å². The van der Waals surface area contributed by atoms with Crippen LogP contribution in [-0.2, 0) is 11.3 Å². The molecule has 0 bridgehead atoms. The van der Waals surface area contributed by atoms with Crippen LogP contribution in [0.25, 0.3) is 11.2 Å². The van der Waals surface area contributed by atoms with E-state index in [4.69, 9.17) is 17.0 Å². The molecule has 1 N–H and O–H groups in total. The van der Waals surface area contributed by atoms with Crippen molar-refractivity contribution in [3.63, 3.8) is 0 Å². The van der Waals surface area contributed by atoms with Gasteiger partial charge in [0.2, 0.25) is 0 Å². The minimum atomic E-state index is 0.206. The minimum Gasteiger partial charge on any atom is -0.373 e. The van der Waals surface area contributed by atoms with E-state index in [-0.39, 0.29) is 6.10 Å². The second-order valence-electron chi connectivity index (χ2n) is 5.66. The number of nitrogens with one attached hydrogen (secondary N) is 1. The van der Waals surface area contributed by atoms with Crippen molar-refractivity contribution in [1.82, 2.24) is 19.4 Å². The summed E-state index contributed by atoms with van der Waals surface area (Å²) in [5, 5.41) is 0. The zero-order valence-electron chi connectivity index (χ0n) is 11.3. The van der Waals surface area contributed by atoms with E-state index in [2.05, 4.69) is 19.4 Å². The maximum Gasteiger partial charge on any atom is 0.179 e. The van der Waals surface area contributed by atoms with Crippen molar-refractivity contribution in [1.29, 1.82) is 0 Å². The van der Waals surface area contributed by atoms with E-state index in [0.29, 0.717) is 6.04 Å². The Labute approximate surface area is 122 Å². The van der Waals surface area contributed by atoms with E-state index < -0.39 is 0 Å². The van der Waals surface area contributed by atoms with Gasteiger partial charge in [0.25, 0.3) is 0 Å². The maximum atomic E-state index is 6.02. The molecule has 2 atom stereocenters. The smallest absolute Gasteiger partial charge is 0.179 e. The van der Waals surface area contributed by atoms with Crippen LogP contribution in [0.1, 0.15) is 12.8 Å². The number of nitrogens with zero attached hydrogens (tertiary/aromatic N) is 3. The largest absolute Gasteiger partial charge is 0.373 e. The number of pyridine rings is 1. The normalized spacial score (nSPS) is 27.0. The molecule has 2 saturated heterocycles. The van der Waals surface area contributed by atoms with Gasteiger partial charge in [-0.25, -0.2) is 4.98 Å². The fourth-order valence-electron chi connectivity index (χ4n) is 3.36. The minimum absolute atomic E-state index is 0.206. The molecule has 2 aliphatic heterocycles. The summed E-state index contributed by atoms with van der Waals surface area (Å²) < 4.78 is 8.81. The Kier molecular flexibility index (Phi) is 3.09. The Hall–Kier alpha value is -1.24. The fraction of sp³-hybridized carbons (Fsp3) is 0.571. The number of imidazole rings is 1. The summed E-state index contributed by atoms with van der Waals surface area (Å²) in [4.78, 5) is 10.2. The highest BCUT2D eigenvalue weighted by Crippen LogP contribution is 2.23. The predicted octanol–water partition coefficient (Wildman–Crippen LogP) is 1.96. The number of hydrogen-bond donors (Lipinski definition) is 1. The van der Waals surface area contributed by atoms with Crippen LogP contribution in [0.3, 0.4) is 0 Å². The summed E-state index contributed by atoms with van der Waals surface area (Å²) in [5.74, 6) is 0. The van der Waals surface area contributed by atoms with Crippen LogP contribution in [0.5, 0.6) is 0 Å². The summed E-state index contributed by atoms with van der Waals surface area (Å²) in [6.45, 7) is 3.85. The van der Waals surface area contributed by atoms with Gasteiger partial charge in [0.1, 0.15) is 0 Å². The highest BCUT2D eigenvalue weighted by Gasteiger charge is 2.32. The molecule has 6 heteroatoms. The van der Waals surface area contributed by atoms with Crippen LogP contribution in [-0.4, -0.2) is 51.3 Å². The van der Waals surface area contributed by atoms with E-state index >= 15 is 0 Å². The Morgan fingerprint density at radius 3 is 3.40 bits per heavy atom. The van der Waals surface area contributed by atoms with Crippen LogP contribution in [0, 0.1) is 4.77 Å². The molecule has 5 nitrogen and oxygen atoms in total. The summed E-state index contributed by atoms with van der Waals surface area (Å²) in [7, 11) is 0. The monoisotopic (exact) mass is 290 g/mol. The molecule has 2 fully saturated rings. The number of H-pyrrole nitrogens is 1. The second kappa shape index (κ2) is 4.95. The standard InChI is InChI=1S/C14H18N4OS/c20-14-16-12-4-1-5-15-13(12)18(14)8-11-7-17-6-2-3-10(17)9-19-11/h1,4-5,10-11H,2-3,6-9H2,(H,16,20). The van der Waals surface area contributed by atoms with E-state index in [9.17, 15) is 0 Å². The molecule has 0 amide bonds. The number of ether oxygens (including phenoxy) is 1. The second-order valence-corrected chi connectivity index (χ2v) is 6.05. The Morgan fingerprint density at radius 1 is 1.50 bits per heavy atom. The summed E-state index contributed by atoms with van der Waals surface area (Å²) in [6, 6.07) is 4.57. The van der Waals surface area contributed by atoms with Gasteiger partial charge in [-0.15, -0.1) is 0 Å². The number of morpholine rings is 1. The first-order valence-corrected chi connectivity index (χ1v) is 7.61. The Morgan fingerprint density at radius 2 is 2.45 bits per heavy atom. The number of aromatic nitrogens is 3. The molecule has 2 unspecified atom stereocenters. The molecule has 0 aliphatic carbocycles. The van der Waals surface area contributed by atoms with Crippen molar-refractivity contribution in [3.05, 3.63) is 23.1 Å². The third-order valence-electron chi connectivity index (χ3n) is 4.38. The summed E-state index contributed by atoms with van der Waals surface area (Å²) >= 11 is 5.41. The highest BCUT2D eigenvalue weighted by atomic mass is 32.1. The molecule has 0 radical (unpaired) electrons. The first-order valence-electron chi connectivity index (χ1n) is 7.20. The average molecular weight is 290 g/mol. The summed E-state index contributed by atoms with van der Waals surface area (Å²) in [5.41, 5.74) is 1.91. The van der Waals surface area contributed by atoms with Crippen LogP contribution in [0.15, 0.2) is 18.3 Å². The topological polar surface area (TPSA) is 46.1 Å². The first-order chi connectivity index (χ1) is 9.81. The van der Waals surface area contributed by atoms with Gasteiger partial charge in [-0.3, -0.25) is 9.47 Å². The van der Waals surface area contributed by atoms with Crippen molar-refractivity contribution >= 4 is 23.4 Å². The molecule has 4 rings (SSSR count). The zero-order valence-corrected chi connectivity index (χ0v) is 12.1. The van der Waals surface area contributed by atoms with Gasteiger partial charge in [0, 0.05) is 18.8 Å². The fourth-order valence-corrected chi connectivity index (χ4v) is 3.63. The molecule has 4 heterocycles. The lowest BCUT2D eigenvalue weighted by atomic mass is 10.2. The molecular weight excluding hydrogens is 272 g/mol. The van der Waals surface area contributed by atoms with Gasteiger partial charge in [-0.05, 0) is 43.7 Å². The third kappa shape index (κ3) is 2.08. The van der Waals surface area contributed by atoms with Crippen molar-refractivity contribution in [2.75, 3.05) is 19.7 Å². The van der Waals surface area contributed by atoms with Gasteiger partial charge >= 0.3 is 0 Å². The van der Waals surface area contributed by atoms with Crippen molar-refractivity contribution in [2.24, 2.45) is 0 Å². The average Bonchev–Trinajstić information content (AvgIpc) is 3.04. The van der Waals surface area contributed by atoms with Crippen LogP contribution in [0.4, 0.5) is 0 Å². The van der Waals surface area contributed by atoms with E-state index in [1.165, 1.54) is 19.4 Å². The lowest BCUT2D eigenvalue weighted by molar-refractivity contribution is -0.0549. The molecule has 2 aliphatic rings. The van der Waals surface area contributed by atoms with Crippen LogP contribution in [0.2, 0.25) is 0 Å². The van der Waals surface area contributed by atoms with E-state index in [0.717, 1.165) is 35.6 Å². The van der Waals surface area contributed by atoms with Gasteiger partial charge in [-0.2, -0.15) is 0 Å². The molecular formula is C14H18N4OS. The number of hydrogen-bond acceptors (Lipinski definition) is 4. The molecule has 0 saturated carbocycles. The molecule has 2 aromatic rings. The predicted molar refractivity (Wildman–Crippen MR) is 79.3 cm³/mol. The molecule has 106 valence electrons. The zero-order chi connectivity index (χ0) is 13.5. The number of fused-ring (bicyclic) bond motifs is 2. The SMILES string of the molecule is S=c1[nH]c2cccnc2n1CC1CN2CCCC2CO1.